The fourth-order valence-corrected chi connectivity index (χ4v) is 1.91. The Morgan fingerprint density at radius 3 is 2.59 bits per heavy atom. The lowest BCUT2D eigenvalue weighted by atomic mass is 10.0. The topological polar surface area (TPSA) is 87.1 Å². The molecule has 2 rings (SSSR count). The molecule has 0 aliphatic heterocycles. The molecule has 0 saturated heterocycles. The van der Waals surface area contributed by atoms with Crippen molar-refractivity contribution in [3.05, 3.63) is 48.3 Å². The van der Waals surface area contributed by atoms with Crippen molar-refractivity contribution in [1.29, 1.82) is 0 Å². The normalized spacial score (nSPS) is 12.0. The third-order valence-electron chi connectivity index (χ3n) is 3.26. The van der Waals surface area contributed by atoms with Gasteiger partial charge in [-0.1, -0.05) is 19.9 Å². The predicted octanol–water partition coefficient (Wildman–Crippen LogP) is 1.97. The molecule has 1 aromatic carbocycles. The van der Waals surface area contributed by atoms with E-state index in [2.05, 4.69) is 20.6 Å². The molecule has 1 heterocycles. The number of aliphatic hydroxyl groups excluding tert-OH is 1. The van der Waals surface area contributed by atoms with Crippen LogP contribution in [0, 0.1) is 5.92 Å². The maximum Gasteiger partial charge on any atom is 0.251 e. The Morgan fingerprint density at radius 2 is 1.95 bits per heavy atom. The van der Waals surface area contributed by atoms with Crippen LogP contribution in [0.5, 0.6) is 0 Å². The van der Waals surface area contributed by atoms with Crippen LogP contribution in [0.2, 0.25) is 0 Å². The first-order valence-electron chi connectivity index (χ1n) is 7.16. The number of aromatic nitrogens is 2. The van der Waals surface area contributed by atoms with Crippen molar-refractivity contribution in [2.24, 2.45) is 5.92 Å². The van der Waals surface area contributed by atoms with Crippen molar-refractivity contribution in [3.63, 3.8) is 0 Å². The van der Waals surface area contributed by atoms with Crippen molar-refractivity contribution in [2.75, 3.05) is 11.9 Å². The van der Waals surface area contributed by atoms with Crippen LogP contribution in [0.4, 0.5) is 11.6 Å². The summed E-state index contributed by atoms with van der Waals surface area (Å²) in [6.07, 6.45) is 3.28. The Labute approximate surface area is 129 Å². The quantitative estimate of drug-likeness (QED) is 0.759. The number of rotatable bonds is 6. The molecular weight excluding hydrogens is 280 g/mol. The SMILES string of the molecule is CC(C)[C@H](CO)NC(=O)c1cccc(Nc2ncccn2)c1. The molecule has 0 spiro atoms. The van der Waals surface area contributed by atoms with Gasteiger partial charge in [0.15, 0.2) is 0 Å². The number of aliphatic hydroxyl groups is 1. The molecule has 0 fully saturated rings. The van der Waals surface area contributed by atoms with Gasteiger partial charge in [0.2, 0.25) is 5.95 Å². The molecule has 0 bridgehead atoms. The molecular formula is C16H20N4O2. The van der Waals surface area contributed by atoms with Crippen LogP contribution in [0.25, 0.3) is 0 Å². The average molecular weight is 300 g/mol. The first kappa shape index (κ1) is 15.9. The van der Waals surface area contributed by atoms with Gasteiger partial charge in [-0.15, -0.1) is 0 Å². The highest BCUT2D eigenvalue weighted by Gasteiger charge is 2.16. The minimum Gasteiger partial charge on any atom is -0.394 e. The number of nitrogens with zero attached hydrogens (tertiary/aromatic N) is 2. The third kappa shape index (κ3) is 4.26. The molecule has 0 aliphatic rings. The fraction of sp³-hybridized carbons (Fsp3) is 0.312. The summed E-state index contributed by atoms with van der Waals surface area (Å²) in [6, 6.07) is 8.53. The summed E-state index contributed by atoms with van der Waals surface area (Å²) in [5.74, 6) is 0.411. The Hall–Kier alpha value is -2.47. The Morgan fingerprint density at radius 1 is 1.23 bits per heavy atom. The van der Waals surface area contributed by atoms with Crippen LogP contribution in [-0.4, -0.2) is 33.6 Å². The molecule has 116 valence electrons. The van der Waals surface area contributed by atoms with E-state index >= 15 is 0 Å². The van der Waals surface area contributed by atoms with Gasteiger partial charge in [0.1, 0.15) is 0 Å². The third-order valence-corrected chi connectivity index (χ3v) is 3.26. The second kappa shape index (κ2) is 7.51. The summed E-state index contributed by atoms with van der Waals surface area (Å²) in [5.41, 5.74) is 1.24. The molecule has 6 nitrogen and oxygen atoms in total. The molecule has 1 atom stereocenters. The lowest BCUT2D eigenvalue weighted by Crippen LogP contribution is -2.41. The number of anilines is 2. The molecule has 2 aromatic rings. The summed E-state index contributed by atoms with van der Waals surface area (Å²) in [5, 5.41) is 15.2. The zero-order valence-electron chi connectivity index (χ0n) is 12.7. The smallest absolute Gasteiger partial charge is 0.251 e. The number of hydrogen-bond acceptors (Lipinski definition) is 5. The highest BCUT2D eigenvalue weighted by molar-refractivity contribution is 5.95. The van der Waals surface area contributed by atoms with Crippen LogP contribution in [0.1, 0.15) is 24.2 Å². The monoisotopic (exact) mass is 300 g/mol. The van der Waals surface area contributed by atoms with Crippen LogP contribution >= 0.6 is 0 Å². The van der Waals surface area contributed by atoms with E-state index in [-0.39, 0.29) is 24.5 Å². The van der Waals surface area contributed by atoms with Crippen LogP contribution in [-0.2, 0) is 0 Å². The van der Waals surface area contributed by atoms with Gasteiger partial charge in [0.05, 0.1) is 12.6 Å². The van der Waals surface area contributed by atoms with Gasteiger partial charge in [0.25, 0.3) is 5.91 Å². The van der Waals surface area contributed by atoms with Crippen LogP contribution in [0.3, 0.4) is 0 Å². The number of carbonyl (C=O) groups is 1. The van der Waals surface area contributed by atoms with E-state index in [4.69, 9.17) is 0 Å². The van der Waals surface area contributed by atoms with Crippen molar-refractivity contribution in [1.82, 2.24) is 15.3 Å². The number of benzene rings is 1. The first-order chi connectivity index (χ1) is 10.6. The van der Waals surface area contributed by atoms with Crippen molar-refractivity contribution in [2.45, 2.75) is 19.9 Å². The van der Waals surface area contributed by atoms with Gasteiger partial charge < -0.3 is 15.7 Å². The molecule has 0 saturated carbocycles. The minimum atomic E-state index is -0.262. The zero-order chi connectivity index (χ0) is 15.9. The van der Waals surface area contributed by atoms with Crippen molar-refractivity contribution in [3.8, 4) is 0 Å². The molecule has 1 amide bonds. The number of carbonyl (C=O) groups excluding carboxylic acids is 1. The summed E-state index contributed by atoms with van der Waals surface area (Å²) >= 11 is 0. The van der Waals surface area contributed by atoms with Gasteiger partial charge >= 0.3 is 0 Å². The predicted molar refractivity (Wildman–Crippen MR) is 84.9 cm³/mol. The Kier molecular flexibility index (Phi) is 5.43. The number of nitrogens with one attached hydrogen (secondary N) is 2. The van der Waals surface area contributed by atoms with Gasteiger partial charge in [-0.3, -0.25) is 4.79 Å². The standard InChI is InChI=1S/C16H20N4O2/c1-11(2)14(10-21)20-15(22)12-5-3-6-13(9-12)19-16-17-7-4-8-18-16/h3-9,11,14,21H,10H2,1-2H3,(H,20,22)(H,17,18,19)/t14-/m0/s1. The number of hydrogen-bond donors (Lipinski definition) is 3. The minimum absolute atomic E-state index is 0.0841. The van der Waals surface area contributed by atoms with E-state index < -0.39 is 0 Å². The van der Waals surface area contributed by atoms with Crippen molar-refractivity contribution < 1.29 is 9.90 Å². The molecule has 0 aliphatic carbocycles. The first-order valence-corrected chi connectivity index (χ1v) is 7.16. The summed E-state index contributed by atoms with van der Waals surface area (Å²) < 4.78 is 0. The number of amides is 1. The Bertz CT molecular complexity index is 617. The maximum absolute atomic E-state index is 12.2. The molecule has 6 heteroatoms. The highest BCUT2D eigenvalue weighted by Crippen LogP contribution is 2.14. The van der Waals surface area contributed by atoms with Gasteiger partial charge in [-0.25, -0.2) is 9.97 Å². The molecule has 0 radical (unpaired) electrons. The summed E-state index contributed by atoms with van der Waals surface area (Å²) in [6.45, 7) is 3.82. The van der Waals surface area contributed by atoms with E-state index in [1.54, 1.807) is 36.7 Å². The summed E-state index contributed by atoms with van der Waals surface area (Å²) in [4.78, 5) is 20.4. The maximum atomic E-state index is 12.2. The zero-order valence-corrected chi connectivity index (χ0v) is 12.7. The molecule has 1 aromatic heterocycles. The van der Waals surface area contributed by atoms with Gasteiger partial charge in [-0.05, 0) is 30.2 Å². The average Bonchev–Trinajstić information content (AvgIpc) is 2.53. The second-order valence-corrected chi connectivity index (χ2v) is 5.28. The fourth-order valence-electron chi connectivity index (χ4n) is 1.91. The van der Waals surface area contributed by atoms with E-state index in [0.717, 1.165) is 5.69 Å². The van der Waals surface area contributed by atoms with Gasteiger partial charge in [-0.2, -0.15) is 0 Å². The van der Waals surface area contributed by atoms with E-state index in [1.807, 2.05) is 19.9 Å². The lowest BCUT2D eigenvalue weighted by molar-refractivity contribution is 0.0897. The molecule has 0 unspecified atom stereocenters. The van der Waals surface area contributed by atoms with Crippen LogP contribution in [0.15, 0.2) is 42.7 Å². The van der Waals surface area contributed by atoms with Crippen molar-refractivity contribution >= 4 is 17.5 Å². The van der Waals surface area contributed by atoms with Gasteiger partial charge in [0, 0.05) is 23.6 Å². The van der Waals surface area contributed by atoms with E-state index in [0.29, 0.717) is 11.5 Å². The van der Waals surface area contributed by atoms with E-state index in [9.17, 15) is 9.90 Å². The lowest BCUT2D eigenvalue weighted by Gasteiger charge is -2.20. The second-order valence-electron chi connectivity index (χ2n) is 5.28. The largest absolute Gasteiger partial charge is 0.394 e. The summed E-state index contributed by atoms with van der Waals surface area (Å²) in [7, 11) is 0. The highest BCUT2D eigenvalue weighted by atomic mass is 16.3. The van der Waals surface area contributed by atoms with Crippen LogP contribution < -0.4 is 10.6 Å². The Balaban J connectivity index is 2.09. The van der Waals surface area contributed by atoms with E-state index in [1.165, 1.54) is 0 Å². The molecule has 22 heavy (non-hydrogen) atoms. The molecule has 3 N–H and O–H groups in total.